The predicted molar refractivity (Wildman–Crippen MR) is 116 cm³/mol. The van der Waals surface area contributed by atoms with Crippen LogP contribution < -0.4 is 10.0 Å². The molecule has 8 heteroatoms. The number of hydrogen-bond acceptors (Lipinski definition) is 5. The molecule has 0 aliphatic rings. The SMILES string of the molecule is Cc1ccc(S(=O)(=O)Nc2ccc3nc(NC(=O)c4ccccc4)sc3c2)cc1. The van der Waals surface area contributed by atoms with E-state index in [1.165, 1.54) is 11.3 Å². The molecular formula is C21H17N3O3S2. The highest BCUT2D eigenvalue weighted by Gasteiger charge is 2.15. The molecule has 146 valence electrons. The average Bonchev–Trinajstić information content (AvgIpc) is 3.10. The predicted octanol–water partition coefficient (Wildman–Crippen LogP) is 4.66. The molecule has 0 aliphatic heterocycles. The summed E-state index contributed by atoms with van der Waals surface area (Å²) in [4.78, 5) is 16.9. The zero-order valence-electron chi connectivity index (χ0n) is 15.4. The highest BCUT2D eigenvalue weighted by Crippen LogP contribution is 2.29. The van der Waals surface area contributed by atoms with Crippen LogP contribution in [0.2, 0.25) is 0 Å². The topological polar surface area (TPSA) is 88.2 Å². The van der Waals surface area contributed by atoms with Crippen LogP contribution >= 0.6 is 11.3 Å². The summed E-state index contributed by atoms with van der Waals surface area (Å²) in [6.07, 6.45) is 0. The summed E-state index contributed by atoms with van der Waals surface area (Å²) in [5.41, 5.74) is 2.64. The van der Waals surface area contributed by atoms with Crippen molar-refractivity contribution in [3.63, 3.8) is 0 Å². The lowest BCUT2D eigenvalue weighted by atomic mass is 10.2. The first-order chi connectivity index (χ1) is 13.9. The summed E-state index contributed by atoms with van der Waals surface area (Å²) in [6.45, 7) is 1.90. The molecule has 0 atom stereocenters. The Morgan fingerprint density at radius 2 is 1.69 bits per heavy atom. The van der Waals surface area contributed by atoms with E-state index in [-0.39, 0.29) is 10.8 Å². The first-order valence-corrected chi connectivity index (χ1v) is 11.1. The Hall–Kier alpha value is -3.23. The number of aryl methyl sites for hydroxylation is 1. The van der Waals surface area contributed by atoms with Gasteiger partial charge < -0.3 is 0 Å². The first kappa shape index (κ1) is 19.1. The zero-order chi connectivity index (χ0) is 20.4. The number of rotatable bonds is 5. The normalized spacial score (nSPS) is 11.3. The number of fused-ring (bicyclic) bond motifs is 1. The lowest BCUT2D eigenvalue weighted by Crippen LogP contribution is -2.12. The van der Waals surface area contributed by atoms with Crippen LogP contribution in [0.5, 0.6) is 0 Å². The van der Waals surface area contributed by atoms with Crippen LogP contribution in [0.3, 0.4) is 0 Å². The molecule has 4 rings (SSSR count). The van der Waals surface area contributed by atoms with Crippen molar-refractivity contribution in [3.05, 3.63) is 83.9 Å². The van der Waals surface area contributed by atoms with Gasteiger partial charge in [0.05, 0.1) is 20.8 Å². The Bertz CT molecular complexity index is 1280. The second kappa shape index (κ2) is 7.65. The smallest absolute Gasteiger partial charge is 0.261 e. The molecule has 0 saturated carbocycles. The molecule has 2 N–H and O–H groups in total. The number of benzene rings is 3. The second-order valence-corrected chi connectivity index (χ2v) is 9.15. The molecule has 4 aromatic rings. The van der Waals surface area contributed by atoms with E-state index in [0.29, 0.717) is 21.9 Å². The third-order valence-corrected chi connectivity index (χ3v) is 6.56. The zero-order valence-corrected chi connectivity index (χ0v) is 17.0. The maximum atomic E-state index is 12.6. The van der Waals surface area contributed by atoms with Crippen molar-refractivity contribution in [1.82, 2.24) is 4.98 Å². The largest absolute Gasteiger partial charge is 0.298 e. The molecule has 0 unspecified atom stereocenters. The standard InChI is InChI=1S/C21H17N3O3S2/c1-14-7-10-17(11-8-14)29(26,27)24-16-9-12-18-19(13-16)28-21(22-18)23-20(25)15-5-3-2-4-6-15/h2-13,24H,1H3,(H,22,23,25). The van der Waals surface area contributed by atoms with Crippen molar-refractivity contribution < 1.29 is 13.2 Å². The molecular weight excluding hydrogens is 406 g/mol. The number of amides is 1. The average molecular weight is 424 g/mol. The van der Waals surface area contributed by atoms with Crippen LogP contribution in [0.4, 0.5) is 10.8 Å². The molecule has 3 aromatic carbocycles. The van der Waals surface area contributed by atoms with Crippen LogP contribution in [0, 0.1) is 6.92 Å². The molecule has 0 radical (unpaired) electrons. The maximum Gasteiger partial charge on any atom is 0.261 e. The van der Waals surface area contributed by atoms with E-state index in [1.54, 1.807) is 66.7 Å². The number of carbonyl (C=O) groups is 1. The first-order valence-electron chi connectivity index (χ1n) is 8.77. The fourth-order valence-corrected chi connectivity index (χ4v) is 4.68. The molecule has 1 aromatic heterocycles. The molecule has 0 bridgehead atoms. The Kier molecular flexibility index (Phi) is 5.04. The number of nitrogens with zero attached hydrogens (tertiary/aromatic N) is 1. The van der Waals surface area contributed by atoms with Gasteiger partial charge in [-0.25, -0.2) is 13.4 Å². The lowest BCUT2D eigenvalue weighted by Gasteiger charge is -2.08. The molecule has 6 nitrogen and oxygen atoms in total. The van der Waals surface area contributed by atoms with E-state index in [0.717, 1.165) is 10.3 Å². The minimum absolute atomic E-state index is 0.198. The van der Waals surface area contributed by atoms with E-state index in [1.807, 2.05) is 13.0 Å². The highest BCUT2D eigenvalue weighted by atomic mass is 32.2. The number of thiazole rings is 1. The fourth-order valence-electron chi connectivity index (χ4n) is 2.73. The van der Waals surface area contributed by atoms with Crippen LogP contribution in [-0.4, -0.2) is 19.3 Å². The van der Waals surface area contributed by atoms with Crippen molar-refractivity contribution in [1.29, 1.82) is 0 Å². The number of nitrogens with one attached hydrogen (secondary N) is 2. The van der Waals surface area contributed by atoms with Crippen molar-refractivity contribution in [2.75, 3.05) is 10.0 Å². The maximum absolute atomic E-state index is 12.6. The molecule has 0 saturated heterocycles. The molecule has 0 fully saturated rings. The van der Waals surface area contributed by atoms with Gasteiger partial charge in [-0.1, -0.05) is 47.2 Å². The van der Waals surface area contributed by atoms with Gasteiger partial charge in [-0.15, -0.1) is 0 Å². The Morgan fingerprint density at radius 1 is 0.966 bits per heavy atom. The minimum atomic E-state index is -3.68. The molecule has 29 heavy (non-hydrogen) atoms. The third-order valence-electron chi connectivity index (χ3n) is 4.23. The molecule has 0 aliphatic carbocycles. The van der Waals surface area contributed by atoms with Crippen LogP contribution in [0.15, 0.2) is 77.7 Å². The van der Waals surface area contributed by atoms with Gasteiger partial charge in [0.25, 0.3) is 15.9 Å². The van der Waals surface area contributed by atoms with Gasteiger partial charge in [0.1, 0.15) is 0 Å². The van der Waals surface area contributed by atoms with E-state index in [9.17, 15) is 13.2 Å². The number of anilines is 2. The van der Waals surface area contributed by atoms with Crippen LogP contribution in [0.25, 0.3) is 10.2 Å². The van der Waals surface area contributed by atoms with Crippen molar-refractivity contribution >= 4 is 48.3 Å². The van der Waals surface area contributed by atoms with Gasteiger partial charge >= 0.3 is 0 Å². The molecule has 1 heterocycles. The minimum Gasteiger partial charge on any atom is -0.298 e. The van der Waals surface area contributed by atoms with Crippen LogP contribution in [0.1, 0.15) is 15.9 Å². The van der Waals surface area contributed by atoms with E-state index < -0.39 is 10.0 Å². The lowest BCUT2D eigenvalue weighted by molar-refractivity contribution is 0.102. The van der Waals surface area contributed by atoms with Crippen molar-refractivity contribution in [2.45, 2.75) is 11.8 Å². The van der Waals surface area contributed by atoms with E-state index in [2.05, 4.69) is 15.0 Å². The Balaban J connectivity index is 1.55. The summed E-state index contributed by atoms with van der Waals surface area (Å²) >= 11 is 1.28. The summed E-state index contributed by atoms with van der Waals surface area (Å²) in [5, 5.41) is 3.23. The van der Waals surface area contributed by atoms with Crippen LogP contribution in [-0.2, 0) is 10.0 Å². The van der Waals surface area contributed by atoms with Gasteiger partial charge in [-0.2, -0.15) is 0 Å². The van der Waals surface area contributed by atoms with Gasteiger partial charge in [0.2, 0.25) is 0 Å². The van der Waals surface area contributed by atoms with Gasteiger partial charge in [0.15, 0.2) is 5.13 Å². The summed E-state index contributed by atoms with van der Waals surface area (Å²) in [7, 11) is -3.68. The number of sulfonamides is 1. The van der Waals surface area contributed by atoms with Gasteiger partial charge in [0, 0.05) is 5.56 Å². The number of carbonyl (C=O) groups excluding carboxylic acids is 1. The molecule has 0 spiro atoms. The number of hydrogen-bond donors (Lipinski definition) is 2. The third kappa shape index (κ3) is 4.28. The second-order valence-electron chi connectivity index (χ2n) is 6.44. The summed E-state index contributed by atoms with van der Waals surface area (Å²) in [6, 6.07) is 20.6. The summed E-state index contributed by atoms with van der Waals surface area (Å²) in [5.74, 6) is -0.245. The fraction of sp³-hybridized carbons (Fsp3) is 0.0476. The van der Waals surface area contributed by atoms with Gasteiger partial charge in [-0.3, -0.25) is 14.8 Å². The Morgan fingerprint density at radius 3 is 2.41 bits per heavy atom. The monoisotopic (exact) mass is 423 g/mol. The molecule has 1 amide bonds. The van der Waals surface area contributed by atoms with Crippen molar-refractivity contribution in [2.24, 2.45) is 0 Å². The van der Waals surface area contributed by atoms with E-state index in [4.69, 9.17) is 0 Å². The quantitative estimate of drug-likeness (QED) is 0.489. The Labute approximate surface area is 172 Å². The van der Waals surface area contributed by atoms with Crippen molar-refractivity contribution in [3.8, 4) is 0 Å². The van der Waals surface area contributed by atoms with E-state index >= 15 is 0 Å². The number of aromatic nitrogens is 1. The summed E-state index contributed by atoms with van der Waals surface area (Å²) < 4.78 is 28.5. The highest BCUT2D eigenvalue weighted by molar-refractivity contribution is 7.92. The van der Waals surface area contributed by atoms with Gasteiger partial charge in [-0.05, 0) is 49.4 Å².